The number of carboxylic acids is 1. The Morgan fingerprint density at radius 1 is 1.28 bits per heavy atom. The van der Waals surface area contributed by atoms with E-state index in [1.54, 1.807) is 0 Å². The van der Waals surface area contributed by atoms with Crippen molar-refractivity contribution >= 4 is 5.97 Å². The van der Waals surface area contributed by atoms with Crippen molar-refractivity contribution in [1.29, 1.82) is 0 Å². The van der Waals surface area contributed by atoms with E-state index in [-0.39, 0.29) is 6.42 Å². The van der Waals surface area contributed by atoms with Crippen molar-refractivity contribution in [2.75, 3.05) is 13.1 Å². The molecule has 2 rings (SSSR count). The van der Waals surface area contributed by atoms with E-state index in [9.17, 15) is 4.79 Å². The monoisotopic (exact) mass is 247 g/mol. The fraction of sp³-hybridized carbons (Fsp3) is 0.533. The van der Waals surface area contributed by atoms with Gasteiger partial charge in [-0.25, -0.2) is 0 Å². The Morgan fingerprint density at radius 3 is 2.78 bits per heavy atom. The zero-order chi connectivity index (χ0) is 12.8. The summed E-state index contributed by atoms with van der Waals surface area (Å²) < 4.78 is 0. The van der Waals surface area contributed by atoms with Crippen molar-refractivity contribution in [2.24, 2.45) is 0 Å². The summed E-state index contributed by atoms with van der Waals surface area (Å²) in [5, 5.41) is 8.79. The van der Waals surface area contributed by atoms with Crippen LogP contribution in [0.5, 0.6) is 0 Å². The first-order chi connectivity index (χ1) is 8.75. The molecule has 3 nitrogen and oxygen atoms in total. The summed E-state index contributed by atoms with van der Waals surface area (Å²) in [6.07, 6.45) is 4.95. The third-order valence-corrected chi connectivity index (χ3v) is 3.68. The van der Waals surface area contributed by atoms with Crippen molar-refractivity contribution in [1.82, 2.24) is 4.90 Å². The van der Waals surface area contributed by atoms with Crippen LogP contribution >= 0.6 is 0 Å². The highest BCUT2D eigenvalue weighted by Gasteiger charge is 2.22. The Morgan fingerprint density at radius 2 is 2.06 bits per heavy atom. The van der Waals surface area contributed by atoms with Crippen molar-refractivity contribution in [3.8, 4) is 0 Å². The smallest absolute Gasteiger partial charge is 0.304 e. The molecule has 0 unspecified atom stereocenters. The van der Waals surface area contributed by atoms with Crippen LogP contribution in [0.3, 0.4) is 0 Å². The van der Waals surface area contributed by atoms with Gasteiger partial charge in [0.1, 0.15) is 0 Å². The van der Waals surface area contributed by atoms with E-state index >= 15 is 0 Å². The molecule has 0 radical (unpaired) electrons. The Labute approximate surface area is 108 Å². The van der Waals surface area contributed by atoms with Crippen molar-refractivity contribution in [3.05, 3.63) is 35.9 Å². The van der Waals surface area contributed by atoms with E-state index in [0.29, 0.717) is 12.6 Å². The molecule has 1 fully saturated rings. The predicted octanol–water partition coefficient (Wildman–Crippen LogP) is 2.56. The topological polar surface area (TPSA) is 40.5 Å². The van der Waals surface area contributed by atoms with Gasteiger partial charge in [0, 0.05) is 12.6 Å². The van der Waals surface area contributed by atoms with E-state index in [0.717, 1.165) is 13.0 Å². The lowest BCUT2D eigenvalue weighted by Gasteiger charge is -2.35. The highest BCUT2D eigenvalue weighted by Crippen LogP contribution is 2.20. The molecule has 1 atom stereocenters. The maximum atomic E-state index is 10.7. The van der Waals surface area contributed by atoms with E-state index in [4.69, 9.17) is 5.11 Å². The Balaban J connectivity index is 1.93. The van der Waals surface area contributed by atoms with Crippen LogP contribution in [0.1, 0.15) is 31.2 Å². The predicted molar refractivity (Wildman–Crippen MR) is 71.6 cm³/mol. The van der Waals surface area contributed by atoms with Crippen molar-refractivity contribution < 1.29 is 9.90 Å². The van der Waals surface area contributed by atoms with E-state index < -0.39 is 5.97 Å². The van der Waals surface area contributed by atoms with Crippen LogP contribution < -0.4 is 0 Å². The van der Waals surface area contributed by atoms with Gasteiger partial charge in [-0.1, -0.05) is 36.8 Å². The number of carbonyl (C=O) groups is 1. The minimum atomic E-state index is -0.695. The average molecular weight is 247 g/mol. The van der Waals surface area contributed by atoms with Gasteiger partial charge in [-0.05, 0) is 31.4 Å². The van der Waals surface area contributed by atoms with Gasteiger partial charge < -0.3 is 5.11 Å². The van der Waals surface area contributed by atoms with E-state index in [2.05, 4.69) is 29.2 Å². The molecule has 1 aliphatic rings. The number of hydrogen-bond donors (Lipinski definition) is 1. The lowest BCUT2D eigenvalue weighted by atomic mass is 9.95. The Kier molecular flexibility index (Phi) is 4.76. The summed E-state index contributed by atoms with van der Waals surface area (Å²) in [6.45, 7) is 1.73. The molecule has 1 aromatic rings. The van der Waals surface area contributed by atoms with Crippen LogP contribution in [0.15, 0.2) is 30.3 Å². The normalized spacial score (nSPS) is 20.8. The summed E-state index contributed by atoms with van der Waals surface area (Å²) in [4.78, 5) is 13.0. The third kappa shape index (κ3) is 3.84. The summed E-state index contributed by atoms with van der Waals surface area (Å²) in [6, 6.07) is 11.0. The molecule has 3 heteroatoms. The van der Waals surface area contributed by atoms with Crippen LogP contribution in [-0.2, 0) is 11.2 Å². The number of piperidine rings is 1. The van der Waals surface area contributed by atoms with Gasteiger partial charge in [-0.3, -0.25) is 9.69 Å². The van der Waals surface area contributed by atoms with Gasteiger partial charge in [0.05, 0.1) is 6.42 Å². The highest BCUT2D eigenvalue weighted by molar-refractivity contribution is 5.66. The molecule has 0 bridgehead atoms. The van der Waals surface area contributed by atoms with Gasteiger partial charge in [0.2, 0.25) is 0 Å². The molecule has 1 aliphatic heterocycles. The zero-order valence-electron chi connectivity index (χ0n) is 10.7. The van der Waals surface area contributed by atoms with Gasteiger partial charge in [0.15, 0.2) is 0 Å². The average Bonchev–Trinajstić information content (AvgIpc) is 2.39. The summed E-state index contributed by atoms with van der Waals surface area (Å²) >= 11 is 0. The molecular formula is C15H21NO2. The first-order valence-corrected chi connectivity index (χ1v) is 6.75. The van der Waals surface area contributed by atoms with Crippen molar-refractivity contribution in [2.45, 2.75) is 38.1 Å². The number of aliphatic carboxylic acids is 1. The lowest BCUT2D eigenvalue weighted by molar-refractivity contribution is -0.137. The Hall–Kier alpha value is -1.35. The molecule has 0 aliphatic carbocycles. The Bertz CT molecular complexity index is 377. The number of nitrogens with zero attached hydrogens (tertiary/aromatic N) is 1. The second-order valence-corrected chi connectivity index (χ2v) is 5.02. The summed E-state index contributed by atoms with van der Waals surface area (Å²) in [5.74, 6) is -0.695. The van der Waals surface area contributed by atoms with Crippen molar-refractivity contribution in [3.63, 3.8) is 0 Å². The van der Waals surface area contributed by atoms with Crippen LogP contribution in [0.2, 0.25) is 0 Å². The fourth-order valence-electron chi connectivity index (χ4n) is 2.71. The summed E-state index contributed by atoms with van der Waals surface area (Å²) in [5.41, 5.74) is 1.35. The lowest BCUT2D eigenvalue weighted by Crippen LogP contribution is -2.41. The van der Waals surface area contributed by atoms with E-state index in [1.165, 1.54) is 24.8 Å². The second kappa shape index (κ2) is 6.55. The van der Waals surface area contributed by atoms with Crippen LogP contribution in [0, 0.1) is 0 Å². The number of hydrogen-bond acceptors (Lipinski definition) is 2. The molecule has 1 aromatic carbocycles. The van der Waals surface area contributed by atoms with Gasteiger partial charge in [-0.2, -0.15) is 0 Å². The van der Waals surface area contributed by atoms with Crippen LogP contribution in [0.4, 0.5) is 0 Å². The first-order valence-electron chi connectivity index (χ1n) is 6.75. The fourth-order valence-corrected chi connectivity index (χ4v) is 2.71. The molecule has 0 saturated carbocycles. The second-order valence-electron chi connectivity index (χ2n) is 5.02. The number of rotatable bonds is 5. The standard InChI is InChI=1S/C15H21NO2/c17-15(18)9-11-16-10-5-4-8-14(16)12-13-6-2-1-3-7-13/h1-3,6-7,14H,4-5,8-12H2,(H,17,18)/t14-/m0/s1. The third-order valence-electron chi connectivity index (χ3n) is 3.68. The van der Waals surface area contributed by atoms with Gasteiger partial charge in [0.25, 0.3) is 0 Å². The van der Waals surface area contributed by atoms with Gasteiger partial charge >= 0.3 is 5.97 Å². The maximum Gasteiger partial charge on any atom is 0.304 e. The molecule has 0 amide bonds. The SMILES string of the molecule is O=C(O)CCN1CCCC[C@H]1Cc1ccccc1. The van der Waals surface area contributed by atoms with E-state index in [1.807, 2.05) is 6.07 Å². The zero-order valence-corrected chi connectivity index (χ0v) is 10.7. The molecule has 0 spiro atoms. The first kappa shape index (κ1) is 13.1. The molecule has 18 heavy (non-hydrogen) atoms. The van der Waals surface area contributed by atoms with Gasteiger partial charge in [-0.15, -0.1) is 0 Å². The molecule has 98 valence electrons. The number of likely N-dealkylation sites (tertiary alicyclic amines) is 1. The molecule has 1 saturated heterocycles. The quantitative estimate of drug-likeness (QED) is 0.869. The maximum absolute atomic E-state index is 10.7. The van der Waals surface area contributed by atoms with Crippen LogP contribution in [0.25, 0.3) is 0 Å². The number of carboxylic acid groups (broad SMARTS) is 1. The molecular weight excluding hydrogens is 226 g/mol. The molecule has 0 aromatic heterocycles. The van der Waals surface area contributed by atoms with Crippen LogP contribution in [-0.4, -0.2) is 35.1 Å². The number of benzene rings is 1. The summed E-state index contributed by atoms with van der Waals surface area (Å²) in [7, 11) is 0. The molecule has 1 heterocycles. The highest BCUT2D eigenvalue weighted by atomic mass is 16.4. The molecule has 1 N–H and O–H groups in total. The minimum absolute atomic E-state index is 0.255. The largest absolute Gasteiger partial charge is 0.481 e. The minimum Gasteiger partial charge on any atom is -0.481 e.